The molecule has 8 nitrogen and oxygen atoms in total. The second kappa shape index (κ2) is 7.44. The number of rotatable bonds is 4. The number of aromatic nitrogens is 3. The van der Waals surface area contributed by atoms with E-state index >= 15 is 0 Å². The largest absolute Gasteiger partial charge is 0.404 e. The molecule has 1 aliphatic heterocycles. The van der Waals surface area contributed by atoms with Crippen LogP contribution in [0.3, 0.4) is 0 Å². The van der Waals surface area contributed by atoms with E-state index in [1.165, 1.54) is 17.0 Å². The second-order valence-corrected chi connectivity index (χ2v) is 7.33. The van der Waals surface area contributed by atoms with Crippen LogP contribution in [-0.4, -0.2) is 46.4 Å². The molecule has 0 aliphatic carbocycles. The number of ether oxygens (including phenoxy) is 1. The summed E-state index contributed by atoms with van der Waals surface area (Å²) in [4.78, 5) is 6.99. The zero-order valence-electron chi connectivity index (χ0n) is 16.4. The number of nitrogens with zero attached hydrogens (tertiary/aromatic N) is 5. The normalized spacial score (nSPS) is 17.8. The van der Waals surface area contributed by atoms with E-state index in [1.807, 2.05) is 19.9 Å². The molecule has 2 aromatic rings. The molecule has 1 atom stereocenters. The first-order valence-electron chi connectivity index (χ1n) is 9.13. The number of anilines is 1. The van der Waals surface area contributed by atoms with E-state index in [1.54, 1.807) is 6.08 Å². The number of pyridine rings is 1. The van der Waals surface area contributed by atoms with Crippen molar-refractivity contribution in [3.05, 3.63) is 36.2 Å². The third kappa shape index (κ3) is 3.25. The molecule has 146 valence electrons. The van der Waals surface area contributed by atoms with Crippen LogP contribution in [-0.2, 0) is 10.2 Å². The average molecular weight is 379 g/mol. The molecule has 1 aliphatic rings. The summed E-state index contributed by atoms with van der Waals surface area (Å²) in [5.41, 5.74) is 6.59. The van der Waals surface area contributed by atoms with Gasteiger partial charge in [0.2, 0.25) is 0 Å². The molecule has 0 amide bonds. The highest BCUT2D eigenvalue weighted by Gasteiger charge is 2.30. The molecule has 0 saturated carbocycles. The Balaban J connectivity index is 2.36. The molecule has 1 fully saturated rings. The van der Waals surface area contributed by atoms with Crippen LogP contribution in [0.4, 0.5) is 5.82 Å². The van der Waals surface area contributed by atoms with Gasteiger partial charge in [-0.05, 0) is 50.8 Å². The Labute approximate surface area is 164 Å². The highest BCUT2D eigenvalue weighted by Crippen LogP contribution is 2.35. The summed E-state index contributed by atoms with van der Waals surface area (Å²) in [6.45, 7) is 11.6. The number of hydrogen-bond donors (Lipinski definition) is 2. The van der Waals surface area contributed by atoms with Crippen LogP contribution < -0.4 is 10.6 Å². The lowest BCUT2D eigenvalue weighted by Crippen LogP contribution is -2.44. The van der Waals surface area contributed by atoms with Crippen LogP contribution in [0.2, 0.25) is 0 Å². The zero-order valence-corrected chi connectivity index (χ0v) is 16.4. The highest BCUT2D eigenvalue weighted by atomic mass is 16.5. The van der Waals surface area contributed by atoms with Gasteiger partial charge >= 0.3 is 0 Å². The van der Waals surface area contributed by atoms with Crippen LogP contribution in [0.5, 0.6) is 0 Å². The summed E-state index contributed by atoms with van der Waals surface area (Å²) in [5, 5.41) is 23.3. The second-order valence-electron chi connectivity index (χ2n) is 7.33. The quantitative estimate of drug-likeness (QED) is 0.622. The molecule has 0 bridgehead atoms. The minimum atomic E-state index is -0.775. The maximum Gasteiger partial charge on any atom is 0.167 e. The Bertz CT molecular complexity index is 996. The van der Waals surface area contributed by atoms with Gasteiger partial charge in [-0.15, -0.1) is 0 Å². The van der Waals surface area contributed by atoms with Crippen LogP contribution in [0, 0.1) is 16.7 Å². The summed E-state index contributed by atoms with van der Waals surface area (Å²) >= 11 is 0. The molecule has 1 saturated heterocycles. The molecule has 0 aromatic carbocycles. The van der Waals surface area contributed by atoms with E-state index in [4.69, 9.17) is 20.9 Å². The van der Waals surface area contributed by atoms with Gasteiger partial charge in [-0.3, -0.25) is 5.41 Å². The average Bonchev–Trinajstić information content (AvgIpc) is 3.06. The number of fused-ring (bicyclic) bond motifs is 1. The molecule has 3 N–H and O–H groups in total. The Kier molecular flexibility index (Phi) is 5.21. The monoisotopic (exact) mass is 379 g/mol. The highest BCUT2D eigenvalue weighted by molar-refractivity contribution is 6.01. The van der Waals surface area contributed by atoms with Gasteiger partial charge in [0.05, 0.1) is 41.8 Å². The van der Waals surface area contributed by atoms with Crippen molar-refractivity contribution in [2.75, 3.05) is 24.7 Å². The van der Waals surface area contributed by atoms with E-state index in [-0.39, 0.29) is 11.9 Å². The topological polar surface area (TPSA) is 117 Å². The van der Waals surface area contributed by atoms with E-state index in [9.17, 15) is 5.26 Å². The molecule has 2 aromatic heterocycles. The number of nitriles is 1. The predicted octanol–water partition coefficient (Wildman–Crippen LogP) is 2.40. The van der Waals surface area contributed by atoms with Crippen molar-refractivity contribution in [3.63, 3.8) is 0 Å². The fraction of sp³-hybridized carbons (Fsp3) is 0.400. The van der Waals surface area contributed by atoms with Crippen LogP contribution in [0.15, 0.2) is 24.9 Å². The predicted molar refractivity (Wildman–Crippen MR) is 110 cm³/mol. The van der Waals surface area contributed by atoms with Gasteiger partial charge in [0.15, 0.2) is 5.65 Å². The number of hydrogen-bond acceptors (Lipinski definition) is 7. The Hall–Kier alpha value is -3.18. The standard InChI is InChI=1S/C20H25N7O/c1-5-15-18-14(20(3,4)12-22)10-17(26-8-9-28-11-13(26)2)24-19(18)27(25-15)16(23)6-7-21/h5-7,10,13,23H,1,8-9,11,21H2,2-4H3/b7-6-,23-16?/t13-/m1/s1. The van der Waals surface area contributed by atoms with E-state index in [0.717, 1.165) is 16.8 Å². The Morgan fingerprint density at radius 1 is 1.54 bits per heavy atom. The van der Waals surface area contributed by atoms with Crippen molar-refractivity contribution >= 4 is 28.8 Å². The van der Waals surface area contributed by atoms with Crippen molar-refractivity contribution in [2.24, 2.45) is 5.73 Å². The molecule has 0 unspecified atom stereocenters. The Morgan fingerprint density at radius 2 is 2.29 bits per heavy atom. The number of nitrogens with one attached hydrogen (secondary N) is 1. The first-order chi connectivity index (χ1) is 13.3. The summed E-state index contributed by atoms with van der Waals surface area (Å²) in [5.74, 6) is 0.823. The van der Waals surface area contributed by atoms with E-state index in [2.05, 4.69) is 29.6 Å². The summed E-state index contributed by atoms with van der Waals surface area (Å²) in [6.07, 6.45) is 4.35. The molecular weight excluding hydrogens is 354 g/mol. The van der Waals surface area contributed by atoms with Crippen LogP contribution in [0.1, 0.15) is 32.0 Å². The summed E-state index contributed by atoms with van der Waals surface area (Å²) < 4.78 is 6.98. The third-order valence-corrected chi connectivity index (χ3v) is 4.94. The first-order valence-corrected chi connectivity index (χ1v) is 9.13. The van der Waals surface area contributed by atoms with Gasteiger partial charge in [-0.25, -0.2) is 4.98 Å². The van der Waals surface area contributed by atoms with Gasteiger partial charge in [-0.1, -0.05) is 6.58 Å². The molecule has 3 heterocycles. The van der Waals surface area contributed by atoms with Gasteiger partial charge in [0.25, 0.3) is 0 Å². The maximum absolute atomic E-state index is 9.80. The van der Waals surface area contributed by atoms with Gasteiger partial charge < -0.3 is 15.4 Å². The molecular formula is C20H25N7O. The SMILES string of the molecule is C=Cc1nn(C(=N)/C=C\N)c2nc(N3CCOC[C@H]3C)cc(C(C)(C)C#N)c12. The minimum absolute atomic E-state index is 0.0842. The molecule has 3 rings (SSSR count). The fourth-order valence-corrected chi connectivity index (χ4v) is 3.37. The van der Waals surface area contributed by atoms with Crippen molar-refractivity contribution in [1.82, 2.24) is 14.8 Å². The van der Waals surface area contributed by atoms with Gasteiger partial charge in [0.1, 0.15) is 11.7 Å². The number of allylic oxidation sites excluding steroid dienone is 1. The van der Waals surface area contributed by atoms with Crippen LogP contribution >= 0.6 is 0 Å². The van der Waals surface area contributed by atoms with Crippen LogP contribution in [0.25, 0.3) is 17.1 Å². The zero-order chi connectivity index (χ0) is 20.5. The van der Waals surface area contributed by atoms with Crippen molar-refractivity contribution < 1.29 is 4.74 Å². The summed E-state index contributed by atoms with van der Waals surface area (Å²) in [6, 6.07) is 4.48. The minimum Gasteiger partial charge on any atom is -0.404 e. The van der Waals surface area contributed by atoms with Gasteiger partial charge in [-0.2, -0.15) is 15.0 Å². The molecule has 0 radical (unpaired) electrons. The lowest BCUT2D eigenvalue weighted by molar-refractivity contribution is 0.0985. The van der Waals surface area contributed by atoms with Crippen molar-refractivity contribution in [2.45, 2.75) is 32.2 Å². The fourth-order valence-electron chi connectivity index (χ4n) is 3.37. The van der Waals surface area contributed by atoms with E-state index in [0.29, 0.717) is 31.1 Å². The van der Waals surface area contributed by atoms with Crippen molar-refractivity contribution in [1.29, 1.82) is 10.7 Å². The lowest BCUT2D eigenvalue weighted by atomic mass is 9.84. The smallest absolute Gasteiger partial charge is 0.167 e. The maximum atomic E-state index is 9.80. The Morgan fingerprint density at radius 3 is 2.89 bits per heavy atom. The van der Waals surface area contributed by atoms with E-state index < -0.39 is 5.41 Å². The van der Waals surface area contributed by atoms with Gasteiger partial charge in [0, 0.05) is 6.54 Å². The third-order valence-electron chi connectivity index (χ3n) is 4.94. The van der Waals surface area contributed by atoms with Crippen molar-refractivity contribution in [3.8, 4) is 6.07 Å². The number of nitrogens with two attached hydrogens (primary N) is 1. The molecule has 28 heavy (non-hydrogen) atoms. The molecule has 8 heteroatoms. The number of morpholine rings is 1. The lowest BCUT2D eigenvalue weighted by Gasteiger charge is -2.35. The molecule has 0 spiro atoms. The summed E-state index contributed by atoms with van der Waals surface area (Å²) in [7, 11) is 0. The first kappa shape index (κ1) is 19.6.